The molecule has 5 nitrogen and oxygen atoms in total. The lowest BCUT2D eigenvalue weighted by Gasteiger charge is -2.24. The molecule has 0 unspecified atom stereocenters. The highest BCUT2D eigenvalue weighted by Crippen LogP contribution is 2.49. The SMILES string of the molecule is C=C(C)[C@@H]1C[C@H]2C(=C)C(=O)O[C@@H]2[C@H]2O[C@]2(C)CC/C=C\CCC(=O)O1. The van der Waals surface area contributed by atoms with Crippen LogP contribution in [-0.4, -0.2) is 35.9 Å². The van der Waals surface area contributed by atoms with Gasteiger partial charge in [0, 0.05) is 17.9 Å². The van der Waals surface area contributed by atoms with Gasteiger partial charge in [-0.1, -0.05) is 25.3 Å². The van der Waals surface area contributed by atoms with Crippen LogP contribution in [0.2, 0.25) is 0 Å². The molecule has 3 aliphatic rings. The number of carbonyl (C=O) groups is 2. The van der Waals surface area contributed by atoms with E-state index in [-0.39, 0.29) is 35.7 Å². The van der Waals surface area contributed by atoms with Gasteiger partial charge in [-0.2, -0.15) is 0 Å². The standard InChI is InChI=1S/C20H26O5/c1-12(2)15-11-14-13(3)19(22)24-17(14)18-20(4,25-18)10-8-6-5-7-9-16(21)23-15/h5-6,14-15,17-18H,1,3,7-11H2,2,4H3/b6-5-/t14-,15-,17-,18+,20+/m0/s1. The smallest absolute Gasteiger partial charge is 0.334 e. The van der Waals surface area contributed by atoms with Crippen molar-refractivity contribution in [2.24, 2.45) is 5.92 Å². The van der Waals surface area contributed by atoms with Gasteiger partial charge in [-0.3, -0.25) is 4.79 Å². The topological polar surface area (TPSA) is 65.1 Å². The van der Waals surface area contributed by atoms with Gasteiger partial charge >= 0.3 is 11.9 Å². The molecule has 3 rings (SSSR count). The number of cyclic esters (lactones) is 1. The van der Waals surface area contributed by atoms with Crippen molar-refractivity contribution in [1.29, 1.82) is 0 Å². The summed E-state index contributed by atoms with van der Waals surface area (Å²) in [6, 6.07) is 0. The first-order chi connectivity index (χ1) is 11.8. The minimum Gasteiger partial charge on any atom is -0.458 e. The van der Waals surface area contributed by atoms with Crippen LogP contribution in [0.4, 0.5) is 0 Å². The maximum Gasteiger partial charge on any atom is 0.334 e. The molecule has 5 heteroatoms. The van der Waals surface area contributed by atoms with Crippen molar-refractivity contribution in [3.8, 4) is 0 Å². The largest absolute Gasteiger partial charge is 0.458 e. The van der Waals surface area contributed by atoms with E-state index in [2.05, 4.69) is 26.2 Å². The second-order valence-corrected chi connectivity index (χ2v) is 7.46. The molecule has 3 heterocycles. The molecular formula is C20H26O5. The Kier molecular flexibility index (Phi) is 4.87. The van der Waals surface area contributed by atoms with Gasteiger partial charge in [0.25, 0.3) is 0 Å². The normalized spacial score (nSPS) is 40.2. The number of epoxide rings is 1. The van der Waals surface area contributed by atoms with Crippen molar-refractivity contribution >= 4 is 11.9 Å². The Hall–Kier alpha value is -1.88. The van der Waals surface area contributed by atoms with Gasteiger partial charge in [0.15, 0.2) is 0 Å². The lowest BCUT2D eigenvalue weighted by molar-refractivity contribution is -0.148. The van der Waals surface area contributed by atoms with E-state index < -0.39 is 6.10 Å². The van der Waals surface area contributed by atoms with Gasteiger partial charge in [0.2, 0.25) is 0 Å². The van der Waals surface area contributed by atoms with Gasteiger partial charge in [0.05, 0.1) is 5.60 Å². The molecule has 25 heavy (non-hydrogen) atoms. The zero-order valence-corrected chi connectivity index (χ0v) is 15.0. The van der Waals surface area contributed by atoms with Crippen molar-refractivity contribution < 1.29 is 23.8 Å². The second kappa shape index (κ2) is 6.79. The first-order valence-corrected chi connectivity index (χ1v) is 8.89. The number of esters is 2. The molecule has 0 spiro atoms. The molecule has 2 fully saturated rings. The van der Waals surface area contributed by atoms with Gasteiger partial charge in [-0.15, -0.1) is 0 Å². The van der Waals surface area contributed by atoms with Crippen LogP contribution < -0.4 is 0 Å². The second-order valence-electron chi connectivity index (χ2n) is 7.46. The van der Waals surface area contributed by atoms with Crippen molar-refractivity contribution in [1.82, 2.24) is 0 Å². The highest BCUT2D eigenvalue weighted by atomic mass is 16.6. The fourth-order valence-electron chi connectivity index (χ4n) is 3.66. The number of hydrogen-bond acceptors (Lipinski definition) is 5. The van der Waals surface area contributed by atoms with E-state index in [0.717, 1.165) is 18.4 Å². The molecule has 136 valence electrons. The number of allylic oxidation sites excluding steroid dienone is 2. The quantitative estimate of drug-likeness (QED) is 0.316. The highest BCUT2D eigenvalue weighted by molar-refractivity contribution is 5.91. The van der Waals surface area contributed by atoms with Crippen molar-refractivity contribution in [2.45, 2.75) is 69.9 Å². The van der Waals surface area contributed by atoms with E-state index in [1.54, 1.807) is 0 Å². The van der Waals surface area contributed by atoms with Crippen LogP contribution in [0, 0.1) is 5.92 Å². The van der Waals surface area contributed by atoms with E-state index in [4.69, 9.17) is 14.2 Å². The van der Waals surface area contributed by atoms with Crippen LogP contribution in [0.25, 0.3) is 0 Å². The third-order valence-electron chi connectivity index (χ3n) is 5.37. The summed E-state index contributed by atoms with van der Waals surface area (Å²) in [5.41, 5.74) is 0.899. The summed E-state index contributed by atoms with van der Waals surface area (Å²) in [6.45, 7) is 11.7. The molecule has 0 amide bonds. The van der Waals surface area contributed by atoms with Crippen LogP contribution >= 0.6 is 0 Å². The van der Waals surface area contributed by atoms with Crippen molar-refractivity contribution in [2.75, 3.05) is 0 Å². The minimum atomic E-state index is -0.455. The summed E-state index contributed by atoms with van der Waals surface area (Å²) < 4.78 is 17.1. The molecule has 0 aromatic carbocycles. The summed E-state index contributed by atoms with van der Waals surface area (Å²) in [5, 5.41) is 0. The number of rotatable bonds is 1. The molecule has 0 radical (unpaired) electrons. The first kappa shape index (κ1) is 17.9. The van der Waals surface area contributed by atoms with Crippen LogP contribution in [0.1, 0.15) is 46.0 Å². The molecule has 3 aliphatic heterocycles. The Morgan fingerprint density at radius 2 is 1.96 bits per heavy atom. The average molecular weight is 346 g/mol. The van der Waals surface area contributed by atoms with E-state index in [1.165, 1.54) is 0 Å². The van der Waals surface area contributed by atoms with E-state index >= 15 is 0 Å². The molecule has 5 atom stereocenters. The van der Waals surface area contributed by atoms with Gasteiger partial charge < -0.3 is 14.2 Å². The van der Waals surface area contributed by atoms with Crippen LogP contribution in [0.5, 0.6) is 0 Å². The molecule has 0 N–H and O–H groups in total. The zero-order chi connectivity index (χ0) is 18.2. The van der Waals surface area contributed by atoms with Gasteiger partial charge in [-0.25, -0.2) is 4.79 Å². The Labute approximate surface area is 148 Å². The zero-order valence-electron chi connectivity index (χ0n) is 15.0. The molecule has 0 bridgehead atoms. The monoisotopic (exact) mass is 346 g/mol. The van der Waals surface area contributed by atoms with Crippen LogP contribution in [-0.2, 0) is 23.8 Å². The third kappa shape index (κ3) is 3.71. The molecule has 0 aromatic heterocycles. The van der Waals surface area contributed by atoms with Crippen molar-refractivity contribution in [3.05, 3.63) is 36.5 Å². The predicted molar refractivity (Wildman–Crippen MR) is 92.7 cm³/mol. The lowest BCUT2D eigenvalue weighted by atomic mass is 9.84. The Bertz CT molecular complexity index is 634. The summed E-state index contributed by atoms with van der Waals surface area (Å²) in [5.74, 6) is -0.870. The average Bonchev–Trinajstić information content (AvgIpc) is 3.14. The molecular weight excluding hydrogens is 320 g/mol. The van der Waals surface area contributed by atoms with E-state index in [9.17, 15) is 9.59 Å². The number of carbonyl (C=O) groups excluding carboxylic acids is 2. The van der Waals surface area contributed by atoms with Gasteiger partial charge in [-0.05, 0) is 45.1 Å². The van der Waals surface area contributed by atoms with E-state index in [1.807, 2.05) is 13.0 Å². The summed E-state index contributed by atoms with van der Waals surface area (Å²) in [6.07, 6.45) is 6.25. The fourth-order valence-corrected chi connectivity index (χ4v) is 3.66. The summed E-state index contributed by atoms with van der Waals surface area (Å²) in [7, 11) is 0. The van der Waals surface area contributed by atoms with Crippen LogP contribution in [0.3, 0.4) is 0 Å². The highest BCUT2D eigenvalue weighted by Gasteiger charge is 2.61. The maximum atomic E-state index is 12.1. The predicted octanol–water partition coefficient (Wildman–Crippen LogP) is 3.25. The number of fused-ring (bicyclic) bond motifs is 3. The maximum absolute atomic E-state index is 12.1. The number of hydrogen-bond donors (Lipinski definition) is 0. The van der Waals surface area contributed by atoms with E-state index in [0.29, 0.717) is 24.8 Å². The minimum absolute atomic E-state index is 0.140. The van der Waals surface area contributed by atoms with Crippen molar-refractivity contribution in [3.63, 3.8) is 0 Å². The van der Waals surface area contributed by atoms with Gasteiger partial charge in [0.1, 0.15) is 18.3 Å². The molecule has 0 aromatic rings. The third-order valence-corrected chi connectivity index (χ3v) is 5.37. The molecule has 0 aliphatic carbocycles. The fraction of sp³-hybridized carbons (Fsp3) is 0.600. The Balaban J connectivity index is 1.85. The number of ether oxygens (including phenoxy) is 3. The van der Waals surface area contributed by atoms with Crippen LogP contribution in [0.15, 0.2) is 36.5 Å². The molecule has 0 saturated carbocycles. The summed E-state index contributed by atoms with van der Waals surface area (Å²) in [4.78, 5) is 24.2. The Morgan fingerprint density at radius 1 is 1.24 bits per heavy atom. The Morgan fingerprint density at radius 3 is 2.68 bits per heavy atom. The summed E-state index contributed by atoms with van der Waals surface area (Å²) >= 11 is 0. The first-order valence-electron chi connectivity index (χ1n) is 8.89. The lowest BCUT2D eigenvalue weighted by Crippen LogP contribution is -2.32. The molecule has 2 saturated heterocycles.